The second-order valence-corrected chi connectivity index (χ2v) is 20.6. The predicted molar refractivity (Wildman–Crippen MR) is 164 cm³/mol. The summed E-state index contributed by atoms with van der Waals surface area (Å²) in [7, 11) is -2.52. The number of rotatable bonds is 0. The van der Waals surface area contributed by atoms with Gasteiger partial charge in [-0.05, 0) is 36.4 Å². The molecule has 202 valence electrons. The van der Waals surface area contributed by atoms with E-state index in [-0.39, 0.29) is 60.1 Å². The second kappa shape index (κ2) is 15.3. The molecule has 2 aromatic heterocycles. The van der Waals surface area contributed by atoms with Crippen LogP contribution in [0.1, 0.15) is 5.56 Å². The van der Waals surface area contributed by atoms with Gasteiger partial charge in [0.25, 0.3) is 11.1 Å². The minimum Gasteiger partial charge on any atom is -0.369 e. The third kappa shape index (κ3) is 12.5. The molecule has 0 bridgehead atoms. The van der Waals surface area contributed by atoms with Crippen LogP contribution < -0.4 is 22.6 Å². The monoisotopic (exact) mass is 696 g/mol. The predicted octanol–water partition coefficient (Wildman–Crippen LogP) is 4.49. The molecule has 39 heavy (non-hydrogen) atoms. The van der Waals surface area contributed by atoms with Crippen LogP contribution in [0.5, 0.6) is 0 Å². The molecule has 0 atom stereocenters. The van der Waals surface area contributed by atoms with Gasteiger partial charge in [0.05, 0.1) is 21.8 Å². The summed E-state index contributed by atoms with van der Waals surface area (Å²) in [5, 5.41) is 1.05. The number of aromatic amines is 2. The average Bonchev–Trinajstić information content (AvgIpc) is 2.78. The van der Waals surface area contributed by atoms with Gasteiger partial charge in [-0.2, -0.15) is 0 Å². The first-order valence-corrected chi connectivity index (χ1v) is 19.1. The van der Waals surface area contributed by atoms with Crippen molar-refractivity contribution in [2.75, 3.05) is 11.5 Å². The van der Waals surface area contributed by atoms with E-state index in [1.54, 1.807) is 24.3 Å². The summed E-state index contributed by atoms with van der Waals surface area (Å²) in [6.07, 6.45) is 5.12. The van der Waals surface area contributed by atoms with E-state index in [9.17, 15) is 9.59 Å². The van der Waals surface area contributed by atoms with Gasteiger partial charge in [-0.25, -0.2) is 9.97 Å². The molecule has 2 heterocycles. The third-order valence-electron chi connectivity index (χ3n) is 4.42. The molecular weight excluding hydrogens is 666 g/mol. The van der Waals surface area contributed by atoms with E-state index in [0.29, 0.717) is 21.8 Å². The molecule has 0 spiro atoms. The van der Waals surface area contributed by atoms with E-state index in [1.165, 1.54) is 0 Å². The zero-order valence-corrected chi connectivity index (χ0v) is 29.1. The van der Waals surface area contributed by atoms with Gasteiger partial charge in [0.2, 0.25) is 11.9 Å². The van der Waals surface area contributed by atoms with Gasteiger partial charge in [-0.15, -0.1) is 17.5 Å². The topological polar surface area (TPSA) is 144 Å². The first-order valence-electron chi connectivity index (χ1n) is 11.3. The molecule has 0 amide bonds. The Kier molecular flexibility index (Phi) is 14.4. The van der Waals surface area contributed by atoms with Crippen LogP contribution in [0.15, 0.2) is 50.5 Å². The molecule has 6 N–H and O–H groups in total. The van der Waals surface area contributed by atoms with Crippen LogP contribution in [-0.4, -0.2) is 36.1 Å². The molecule has 0 fully saturated rings. The van der Waals surface area contributed by atoms with Crippen molar-refractivity contribution in [2.24, 2.45) is 0 Å². The van der Waals surface area contributed by atoms with Crippen molar-refractivity contribution in [3.63, 3.8) is 0 Å². The molecular formula is C26H31BrN6O2Si2V2. The Morgan fingerprint density at radius 1 is 0.795 bits per heavy atom. The molecule has 4 rings (SSSR count). The van der Waals surface area contributed by atoms with E-state index >= 15 is 0 Å². The normalized spacial score (nSPS) is 10.2. The zero-order valence-electron chi connectivity index (χ0n) is 22.7. The number of aromatic nitrogens is 4. The Hall–Kier alpha value is -2.48. The summed E-state index contributed by atoms with van der Waals surface area (Å²) in [6, 6.07) is 10.7. The van der Waals surface area contributed by atoms with Gasteiger partial charge in [0, 0.05) is 47.1 Å². The molecule has 0 saturated carbocycles. The number of nitrogens with zero attached hydrogens (tertiary/aromatic N) is 2. The maximum Gasteiger partial charge on any atom is 0.260 e. The quantitative estimate of drug-likeness (QED) is 0.158. The molecule has 2 aromatic carbocycles. The second-order valence-electron chi connectivity index (χ2n) is 10.2. The Bertz CT molecular complexity index is 1660. The standard InChI is InChI=1S/C13H15N3OSi.C8H6BrN3O.C5H10Si.2V/c1-18(2,3)7-6-9-4-5-11-10(8-9)12(17)16-13(14)15-11;9-4-1-2-6-5(3-4)7(13)12-8(10)11-6;1-5-6(2,3)4;;/h4-5,8H,1-3H3,(H3,14,15,16,17);1-3H,(H3,10,11,12,13);1H,2-4H3;;. The summed E-state index contributed by atoms with van der Waals surface area (Å²) < 4.78 is 0.845. The smallest absolute Gasteiger partial charge is 0.260 e. The average molecular weight is 698 g/mol. The van der Waals surface area contributed by atoms with Crippen LogP contribution in [-0.2, 0) is 37.1 Å². The number of halogens is 1. The minimum absolute atomic E-state index is 0. The summed E-state index contributed by atoms with van der Waals surface area (Å²) in [5.74, 6) is 3.39. The number of hydrogen-bond donors (Lipinski definition) is 4. The van der Waals surface area contributed by atoms with Crippen molar-refractivity contribution in [1.29, 1.82) is 0 Å². The Morgan fingerprint density at radius 2 is 1.23 bits per heavy atom. The summed E-state index contributed by atoms with van der Waals surface area (Å²) >= 11 is 3.27. The maximum absolute atomic E-state index is 11.7. The van der Waals surface area contributed by atoms with Gasteiger partial charge in [-0.3, -0.25) is 19.6 Å². The molecule has 0 unspecified atom stereocenters. The summed E-state index contributed by atoms with van der Waals surface area (Å²) in [4.78, 5) is 36.1. The molecule has 4 aromatic rings. The van der Waals surface area contributed by atoms with Crippen LogP contribution in [0.2, 0.25) is 39.3 Å². The molecule has 0 aliphatic heterocycles. The van der Waals surface area contributed by atoms with E-state index in [2.05, 4.69) is 92.2 Å². The largest absolute Gasteiger partial charge is 0.369 e. The van der Waals surface area contributed by atoms with Crippen LogP contribution in [0.3, 0.4) is 0 Å². The van der Waals surface area contributed by atoms with Gasteiger partial charge in [-0.1, -0.05) is 61.1 Å². The first kappa shape index (κ1) is 36.5. The van der Waals surface area contributed by atoms with E-state index in [0.717, 1.165) is 10.0 Å². The summed E-state index contributed by atoms with van der Waals surface area (Å²) in [6.45, 7) is 13.0. The van der Waals surface area contributed by atoms with Crippen molar-refractivity contribution in [2.45, 2.75) is 39.3 Å². The zero-order chi connectivity index (χ0) is 28.0. The fourth-order valence-electron chi connectivity index (χ4n) is 2.62. The Labute approximate surface area is 262 Å². The minimum atomic E-state index is -1.41. The number of hydrogen-bond acceptors (Lipinski definition) is 6. The number of benzene rings is 2. The number of nitrogen functional groups attached to an aromatic ring is 2. The first-order chi connectivity index (χ1) is 17.1. The number of fused-ring (bicyclic) bond motifs is 2. The number of nitrogens with one attached hydrogen (secondary N) is 2. The third-order valence-corrected chi connectivity index (χ3v) is 6.66. The van der Waals surface area contributed by atoms with Crippen LogP contribution in [0.4, 0.5) is 11.9 Å². The van der Waals surface area contributed by atoms with E-state index in [1.807, 2.05) is 12.1 Å². The van der Waals surface area contributed by atoms with Crippen LogP contribution >= 0.6 is 15.9 Å². The molecule has 0 aliphatic rings. The van der Waals surface area contributed by atoms with Gasteiger partial charge in [0.15, 0.2) is 0 Å². The van der Waals surface area contributed by atoms with E-state index in [4.69, 9.17) is 17.9 Å². The summed E-state index contributed by atoms with van der Waals surface area (Å²) in [5.41, 5.74) is 18.5. The van der Waals surface area contributed by atoms with Gasteiger partial charge >= 0.3 is 0 Å². The van der Waals surface area contributed by atoms with Crippen molar-refractivity contribution < 1.29 is 37.1 Å². The Morgan fingerprint density at radius 3 is 1.67 bits per heavy atom. The maximum atomic E-state index is 11.7. The van der Waals surface area contributed by atoms with Crippen molar-refractivity contribution in [3.8, 4) is 23.4 Å². The number of nitrogens with two attached hydrogens (primary N) is 2. The molecule has 0 aliphatic carbocycles. The number of terminal acetylenes is 1. The Balaban J connectivity index is 0.000000606. The van der Waals surface area contributed by atoms with Crippen LogP contribution in [0, 0.1) is 23.4 Å². The molecule has 0 saturated heterocycles. The van der Waals surface area contributed by atoms with E-state index < -0.39 is 16.1 Å². The van der Waals surface area contributed by atoms with Gasteiger partial charge < -0.3 is 11.5 Å². The van der Waals surface area contributed by atoms with Gasteiger partial charge in [0.1, 0.15) is 16.1 Å². The molecule has 13 heteroatoms. The van der Waals surface area contributed by atoms with Crippen molar-refractivity contribution in [1.82, 2.24) is 19.9 Å². The van der Waals surface area contributed by atoms with Crippen LogP contribution in [0.25, 0.3) is 21.8 Å². The molecule has 8 nitrogen and oxygen atoms in total. The van der Waals surface area contributed by atoms with Crippen molar-refractivity contribution >= 4 is 65.8 Å². The van der Waals surface area contributed by atoms with Crippen molar-refractivity contribution in [3.05, 3.63) is 67.1 Å². The number of H-pyrrole nitrogens is 2. The fraction of sp³-hybridized carbons (Fsp3) is 0.231. The SMILES string of the molecule is C#C[Si](C)(C)C.C[Si](C)(C)C#Cc1ccc2nc(N)[nH]c(=O)c2c1.Nc1nc2ccc(Br)cc2c(=O)[nH]1.[V].[V]. The number of anilines is 2. The molecule has 2 radical (unpaired) electrons. The fourth-order valence-corrected chi connectivity index (χ4v) is 3.50.